The Hall–Kier alpha value is -0.0400. The molecule has 0 saturated carbocycles. The lowest BCUT2D eigenvalue weighted by Gasteiger charge is -2.27. The normalized spacial score (nSPS) is 46.0. The van der Waals surface area contributed by atoms with Gasteiger partial charge in [0, 0.05) is 12.1 Å². The van der Waals surface area contributed by atoms with Crippen molar-refractivity contribution in [3.05, 3.63) is 0 Å². The molecular weight excluding hydrogens is 146 g/mol. The van der Waals surface area contributed by atoms with Gasteiger partial charge in [-0.05, 0) is 37.0 Å². The van der Waals surface area contributed by atoms with Crippen LogP contribution in [0.2, 0.25) is 0 Å². The van der Waals surface area contributed by atoms with E-state index in [1.807, 2.05) is 0 Å². The van der Waals surface area contributed by atoms with Gasteiger partial charge in [-0.2, -0.15) is 0 Å². The highest BCUT2D eigenvalue weighted by molar-refractivity contribution is 5.01. The molecule has 2 fully saturated rings. The lowest BCUT2D eigenvalue weighted by molar-refractivity contribution is 0.261. The van der Waals surface area contributed by atoms with Crippen LogP contribution in [0.15, 0.2) is 0 Å². The molecule has 1 N–H and O–H groups in total. The molecule has 2 heterocycles. The largest absolute Gasteiger partial charge is 0.311 e. The number of hydrogen-bond donors (Lipinski definition) is 1. The zero-order chi connectivity index (χ0) is 8.72. The molecule has 0 spiro atoms. The van der Waals surface area contributed by atoms with Crippen molar-refractivity contribution in [3.8, 4) is 0 Å². The Morgan fingerprint density at radius 1 is 1.25 bits per heavy atom. The molecule has 1 nitrogen and oxygen atoms in total. The van der Waals surface area contributed by atoms with Gasteiger partial charge in [0.05, 0.1) is 0 Å². The van der Waals surface area contributed by atoms with Crippen LogP contribution in [-0.2, 0) is 0 Å². The van der Waals surface area contributed by atoms with Gasteiger partial charge in [-0.25, -0.2) is 0 Å². The summed E-state index contributed by atoms with van der Waals surface area (Å²) >= 11 is 0. The SMILES string of the molecule is CC(C)C[C@@H]1C2CCC(N2)C1C. The van der Waals surface area contributed by atoms with Crippen LogP contribution < -0.4 is 5.32 Å². The molecule has 2 rings (SSSR count). The van der Waals surface area contributed by atoms with Crippen molar-refractivity contribution in [1.29, 1.82) is 0 Å². The second-order valence-electron chi connectivity index (χ2n) is 5.11. The maximum absolute atomic E-state index is 3.73. The van der Waals surface area contributed by atoms with E-state index >= 15 is 0 Å². The monoisotopic (exact) mass is 167 g/mol. The minimum atomic E-state index is 0.860. The first-order chi connectivity index (χ1) is 5.68. The predicted molar refractivity (Wildman–Crippen MR) is 52.1 cm³/mol. The zero-order valence-electron chi connectivity index (χ0n) is 8.51. The van der Waals surface area contributed by atoms with Crippen LogP contribution in [0.4, 0.5) is 0 Å². The number of fused-ring (bicyclic) bond motifs is 2. The van der Waals surface area contributed by atoms with E-state index in [4.69, 9.17) is 0 Å². The average molecular weight is 167 g/mol. The Bertz CT molecular complexity index is 162. The van der Waals surface area contributed by atoms with Crippen molar-refractivity contribution in [2.75, 3.05) is 0 Å². The first-order valence-corrected chi connectivity index (χ1v) is 5.44. The van der Waals surface area contributed by atoms with Gasteiger partial charge in [0.25, 0.3) is 0 Å². The molecule has 12 heavy (non-hydrogen) atoms. The maximum atomic E-state index is 3.73. The standard InChI is InChI=1S/C11H21N/c1-7(2)6-9-8(3)10-4-5-11(9)12-10/h7-12H,4-6H2,1-3H3/t8?,9-,10?,11?/m0/s1. The molecule has 2 aliphatic heterocycles. The summed E-state index contributed by atoms with van der Waals surface area (Å²) < 4.78 is 0. The highest BCUT2D eigenvalue weighted by Gasteiger charge is 2.44. The molecule has 2 bridgehead atoms. The van der Waals surface area contributed by atoms with Gasteiger partial charge in [-0.1, -0.05) is 20.8 Å². The van der Waals surface area contributed by atoms with Crippen molar-refractivity contribution in [2.24, 2.45) is 17.8 Å². The quantitative estimate of drug-likeness (QED) is 0.666. The van der Waals surface area contributed by atoms with Gasteiger partial charge in [-0.15, -0.1) is 0 Å². The third-order valence-electron chi connectivity index (χ3n) is 3.79. The Morgan fingerprint density at radius 3 is 2.42 bits per heavy atom. The molecule has 2 aliphatic rings. The van der Waals surface area contributed by atoms with Crippen LogP contribution >= 0.6 is 0 Å². The fourth-order valence-corrected chi connectivity index (χ4v) is 3.14. The van der Waals surface area contributed by atoms with Gasteiger partial charge in [-0.3, -0.25) is 0 Å². The number of rotatable bonds is 2. The van der Waals surface area contributed by atoms with Crippen molar-refractivity contribution < 1.29 is 0 Å². The van der Waals surface area contributed by atoms with E-state index in [0.717, 1.165) is 29.8 Å². The van der Waals surface area contributed by atoms with Crippen LogP contribution in [0, 0.1) is 17.8 Å². The summed E-state index contributed by atoms with van der Waals surface area (Å²) in [5.41, 5.74) is 0. The van der Waals surface area contributed by atoms with E-state index in [0.29, 0.717) is 0 Å². The second-order valence-corrected chi connectivity index (χ2v) is 5.11. The lowest BCUT2D eigenvalue weighted by atomic mass is 9.76. The molecule has 0 aromatic carbocycles. The second kappa shape index (κ2) is 3.02. The first kappa shape index (κ1) is 8.55. The third-order valence-corrected chi connectivity index (χ3v) is 3.79. The molecule has 1 heteroatoms. The van der Waals surface area contributed by atoms with Crippen LogP contribution in [0.25, 0.3) is 0 Å². The summed E-state index contributed by atoms with van der Waals surface area (Å²) in [6.45, 7) is 7.13. The molecule has 0 aromatic heterocycles. The summed E-state index contributed by atoms with van der Waals surface area (Å²) in [5.74, 6) is 2.79. The third kappa shape index (κ3) is 1.28. The van der Waals surface area contributed by atoms with Gasteiger partial charge >= 0.3 is 0 Å². The fourth-order valence-electron chi connectivity index (χ4n) is 3.14. The van der Waals surface area contributed by atoms with E-state index in [9.17, 15) is 0 Å². The minimum Gasteiger partial charge on any atom is -0.311 e. The van der Waals surface area contributed by atoms with Gasteiger partial charge < -0.3 is 5.32 Å². The van der Waals surface area contributed by atoms with Gasteiger partial charge in [0.1, 0.15) is 0 Å². The zero-order valence-corrected chi connectivity index (χ0v) is 8.51. The molecule has 70 valence electrons. The van der Waals surface area contributed by atoms with E-state index < -0.39 is 0 Å². The minimum absolute atomic E-state index is 0.860. The van der Waals surface area contributed by atoms with E-state index in [1.165, 1.54) is 19.3 Å². The van der Waals surface area contributed by atoms with Gasteiger partial charge in [0.15, 0.2) is 0 Å². The molecule has 3 unspecified atom stereocenters. The summed E-state index contributed by atoms with van der Waals surface area (Å²) in [6, 6.07) is 1.73. The number of nitrogens with one attached hydrogen (secondary N) is 1. The molecule has 0 radical (unpaired) electrons. The Morgan fingerprint density at radius 2 is 1.92 bits per heavy atom. The summed E-state index contributed by atoms with van der Waals surface area (Å²) in [6.07, 6.45) is 4.29. The number of hydrogen-bond acceptors (Lipinski definition) is 1. The van der Waals surface area contributed by atoms with Gasteiger partial charge in [0.2, 0.25) is 0 Å². The van der Waals surface area contributed by atoms with Crippen LogP contribution in [0.3, 0.4) is 0 Å². The molecule has 2 saturated heterocycles. The van der Waals surface area contributed by atoms with E-state index in [2.05, 4.69) is 26.1 Å². The van der Waals surface area contributed by atoms with Crippen molar-refractivity contribution in [1.82, 2.24) is 5.32 Å². The predicted octanol–water partition coefficient (Wildman–Crippen LogP) is 2.42. The van der Waals surface area contributed by atoms with Crippen molar-refractivity contribution >= 4 is 0 Å². The van der Waals surface area contributed by atoms with E-state index in [1.54, 1.807) is 0 Å². The molecule has 4 atom stereocenters. The van der Waals surface area contributed by atoms with Crippen molar-refractivity contribution in [3.63, 3.8) is 0 Å². The highest BCUT2D eigenvalue weighted by atomic mass is 15.0. The lowest BCUT2D eigenvalue weighted by Crippen LogP contribution is -2.26. The van der Waals surface area contributed by atoms with Crippen LogP contribution in [-0.4, -0.2) is 12.1 Å². The Balaban J connectivity index is 1.98. The molecule has 0 amide bonds. The summed E-state index contributed by atoms with van der Waals surface area (Å²) in [4.78, 5) is 0. The Kier molecular flexibility index (Phi) is 2.16. The fraction of sp³-hybridized carbons (Fsp3) is 1.00. The summed E-state index contributed by atoms with van der Waals surface area (Å²) in [5, 5.41) is 3.73. The van der Waals surface area contributed by atoms with Crippen LogP contribution in [0.5, 0.6) is 0 Å². The first-order valence-electron chi connectivity index (χ1n) is 5.44. The maximum Gasteiger partial charge on any atom is 0.0102 e. The highest BCUT2D eigenvalue weighted by Crippen LogP contribution is 2.41. The van der Waals surface area contributed by atoms with Crippen LogP contribution in [0.1, 0.15) is 40.0 Å². The summed E-state index contributed by atoms with van der Waals surface area (Å²) in [7, 11) is 0. The Labute approximate surface area is 75.9 Å². The molecule has 0 aromatic rings. The van der Waals surface area contributed by atoms with E-state index in [-0.39, 0.29) is 0 Å². The average Bonchev–Trinajstić information content (AvgIpc) is 2.53. The molecular formula is C11H21N. The van der Waals surface area contributed by atoms with Crippen molar-refractivity contribution in [2.45, 2.75) is 52.1 Å². The topological polar surface area (TPSA) is 12.0 Å². The molecule has 0 aliphatic carbocycles. The smallest absolute Gasteiger partial charge is 0.0102 e.